The van der Waals surface area contributed by atoms with Crippen molar-refractivity contribution in [2.24, 2.45) is 5.16 Å². The Balaban J connectivity index is 1.58. The highest BCUT2D eigenvalue weighted by atomic mass is 32.2. The fourth-order valence-corrected chi connectivity index (χ4v) is 2.95. The summed E-state index contributed by atoms with van der Waals surface area (Å²) in [5, 5.41) is 3.85. The molecule has 9 heteroatoms. The van der Waals surface area contributed by atoms with Gasteiger partial charge in [-0.15, -0.1) is 4.83 Å². The van der Waals surface area contributed by atoms with E-state index in [0.717, 1.165) is 5.56 Å². The number of benzene rings is 1. The second kappa shape index (κ2) is 6.77. The standard InChI is InChI=1S/C15H14N4O4S/c20-15(17-19-24(21,22)12-6-2-1-3-7-12)14-9-13(18-23-14)11-5-4-8-16-10-11/h1-8,10,14,19H,9H2,(H,17,20)/t14-/m0/s1. The number of oxime groups is 1. The predicted molar refractivity (Wildman–Crippen MR) is 85.2 cm³/mol. The summed E-state index contributed by atoms with van der Waals surface area (Å²) in [6.07, 6.45) is 2.56. The number of amides is 1. The largest absolute Gasteiger partial charge is 0.382 e. The molecule has 1 aromatic carbocycles. The molecule has 8 nitrogen and oxygen atoms in total. The van der Waals surface area contributed by atoms with E-state index in [-0.39, 0.29) is 11.3 Å². The Morgan fingerprint density at radius 1 is 1.17 bits per heavy atom. The molecule has 0 radical (unpaired) electrons. The fourth-order valence-electron chi connectivity index (χ4n) is 2.08. The molecule has 1 atom stereocenters. The Morgan fingerprint density at radius 2 is 1.96 bits per heavy atom. The van der Waals surface area contributed by atoms with Crippen molar-refractivity contribution in [1.82, 2.24) is 15.2 Å². The van der Waals surface area contributed by atoms with E-state index in [1.165, 1.54) is 12.1 Å². The minimum Gasteiger partial charge on any atom is -0.382 e. The van der Waals surface area contributed by atoms with Gasteiger partial charge in [-0.2, -0.15) is 0 Å². The van der Waals surface area contributed by atoms with Crippen LogP contribution in [0.2, 0.25) is 0 Å². The van der Waals surface area contributed by atoms with Crippen molar-refractivity contribution in [2.75, 3.05) is 0 Å². The topological polar surface area (TPSA) is 110 Å². The van der Waals surface area contributed by atoms with Gasteiger partial charge in [0.05, 0.1) is 10.6 Å². The molecule has 2 N–H and O–H groups in total. The van der Waals surface area contributed by atoms with Gasteiger partial charge in [-0.3, -0.25) is 15.2 Å². The Hall–Kier alpha value is -2.78. The minimum atomic E-state index is -3.84. The maximum atomic E-state index is 12.0. The third-order valence-electron chi connectivity index (χ3n) is 3.32. The third-order valence-corrected chi connectivity index (χ3v) is 4.58. The molecule has 124 valence electrons. The van der Waals surface area contributed by atoms with Crippen LogP contribution in [0.25, 0.3) is 0 Å². The number of nitrogens with zero attached hydrogens (tertiary/aromatic N) is 2. The zero-order valence-electron chi connectivity index (χ0n) is 12.4. The van der Waals surface area contributed by atoms with Crippen LogP contribution >= 0.6 is 0 Å². The van der Waals surface area contributed by atoms with E-state index in [2.05, 4.69) is 15.6 Å². The Morgan fingerprint density at radius 3 is 2.67 bits per heavy atom. The van der Waals surface area contributed by atoms with Gasteiger partial charge in [0.1, 0.15) is 0 Å². The molecule has 0 spiro atoms. The van der Waals surface area contributed by atoms with Crippen molar-refractivity contribution >= 4 is 21.6 Å². The first kappa shape index (κ1) is 16.1. The van der Waals surface area contributed by atoms with Gasteiger partial charge in [0.25, 0.3) is 15.9 Å². The summed E-state index contributed by atoms with van der Waals surface area (Å²) in [5.74, 6) is -0.628. The highest BCUT2D eigenvalue weighted by Gasteiger charge is 2.29. The SMILES string of the molecule is O=C(NNS(=O)(=O)c1ccccc1)[C@@H]1CC(c2cccnc2)=NO1. The van der Waals surface area contributed by atoms with Crippen LogP contribution in [0, 0.1) is 0 Å². The number of carbonyl (C=O) groups excluding carboxylic acids is 1. The molecule has 0 saturated heterocycles. The summed E-state index contributed by atoms with van der Waals surface area (Å²) in [6.45, 7) is 0. The highest BCUT2D eigenvalue weighted by Crippen LogP contribution is 2.16. The van der Waals surface area contributed by atoms with Gasteiger partial charge in [0.15, 0.2) is 0 Å². The number of hydrogen-bond donors (Lipinski definition) is 2. The van der Waals surface area contributed by atoms with Gasteiger partial charge >= 0.3 is 0 Å². The monoisotopic (exact) mass is 346 g/mol. The third kappa shape index (κ3) is 3.58. The maximum Gasteiger partial charge on any atom is 0.279 e. The molecule has 0 saturated carbocycles. The van der Waals surface area contributed by atoms with Crippen molar-refractivity contribution < 1.29 is 18.0 Å². The molecule has 1 amide bonds. The number of pyridine rings is 1. The van der Waals surface area contributed by atoms with Crippen molar-refractivity contribution in [3.8, 4) is 0 Å². The zero-order valence-corrected chi connectivity index (χ0v) is 13.2. The average Bonchev–Trinajstić information content (AvgIpc) is 3.11. The normalized spacial score (nSPS) is 17.0. The van der Waals surface area contributed by atoms with Gasteiger partial charge < -0.3 is 4.84 Å². The Bertz CT molecular complexity index is 854. The van der Waals surface area contributed by atoms with Crippen LogP contribution in [0.4, 0.5) is 0 Å². The summed E-state index contributed by atoms with van der Waals surface area (Å²) in [4.78, 5) is 23.2. The molecule has 0 unspecified atom stereocenters. The molecule has 1 aliphatic heterocycles. The lowest BCUT2D eigenvalue weighted by atomic mass is 10.1. The number of sulfonamides is 1. The van der Waals surface area contributed by atoms with Gasteiger partial charge in [0, 0.05) is 24.4 Å². The first-order valence-corrected chi connectivity index (χ1v) is 8.54. The van der Waals surface area contributed by atoms with Crippen molar-refractivity contribution in [2.45, 2.75) is 17.4 Å². The summed E-state index contributed by atoms with van der Waals surface area (Å²) in [7, 11) is -3.84. The number of rotatable bonds is 5. The molecule has 2 heterocycles. The predicted octanol–water partition coefficient (Wildman–Crippen LogP) is 0.584. The summed E-state index contributed by atoms with van der Waals surface area (Å²) < 4.78 is 24.1. The van der Waals surface area contributed by atoms with Gasteiger partial charge in [-0.05, 0) is 24.3 Å². The first-order valence-electron chi connectivity index (χ1n) is 7.06. The highest BCUT2D eigenvalue weighted by molar-refractivity contribution is 7.89. The summed E-state index contributed by atoms with van der Waals surface area (Å²) >= 11 is 0. The number of nitrogens with one attached hydrogen (secondary N) is 2. The Kier molecular flexibility index (Phi) is 4.54. The van der Waals surface area contributed by atoms with Crippen LogP contribution in [-0.4, -0.2) is 31.1 Å². The lowest BCUT2D eigenvalue weighted by Crippen LogP contribution is -2.46. The maximum absolute atomic E-state index is 12.0. The Labute approximate surface area is 138 Å². The van der Waals surface area contributed by atoms with Crippen LogP contribution in [-0.2, 0) is 19.7 Å². The van der Waals surface area contributed by atoms with E-state index < -0.39 is 22.0 Å². The lowest BCUT2D eigenvalue weighted by Gasteiger charge is -2.11. The molecule has 1 aliphatic rings. The molecule has 1 aromatic heterocycles. The average molecular weight is 346 g/mol. The zero-order chi connectivity index (χ0) is 17.0. The molecule has 0 aliphatic carbocycles. The number of aromatic nitrogens is 1. The van der Waals surface area contributed by atoms with Gasteiger partial charge in [0.2, 0.25) is 6.10 Å². The first-order chi connectivity index (χ1) is 11.6. The fraction of sp³-hybridized carbons (Fsp3) is 0.133. The summed E-state index contributed by atoms with van der Waals surface area (Å²) in [6, 6.07) is 11.3. The van der Waals surface area contributed by atoms with Crippen LogP contribution in [0.15, 0.2) is 64.9 Å². The molecular formula is C15H14N4O4S. The molecule has 24 heavy (non-hydrogen) atoms. The molecular weight excluding hydrogens is 332 g/mol. The van der Waals surface area contributed by atoms with Crippen molar-refractivity contribution in [1.29, 1.82) is 0 Å². The van der Waals surface area contributed by atoms with E-state index in [4.69, 9.17) is 4.84 Å². The van der Waals surface area contributed by atoms with Crippen molar-refractivity contribution in [3.05, 3.63) is 60.4 Å². The second-order valence-corrected chi connectivity index (χ2v) is 6.67. The summed E-state index contributed by atoms with van der Waals surface area (Å²) in [5.41, 5.74) is 3.47. The number of hydrogen-bond acceptors (Lipinski definition) is 6. The van der Waals surface area contributed by atoms with Gasteiger partial charge in [-0.25, -0.2) is 8.42 Å². The van der Waals surface area contributed by atoms with E-state index >= 15 is 0 Å². The molecule has 3 rings (SSSR count). The van der Waals surface area contributed by atoms with E-state index in [1.807, 2.05) is 4.83 Å². The van der Waals surface area contributed by atoms with Crippen LogP contribution < -0.4 is 10.3 Å². The second-order valence-electron chi connectivity index (χ2n) is 4.99. The number of carbonyl (C=O) groups is 1. The van der Waals surface area contributed by atoms with Crippen LogP contribution in [0.1, 0.15) is 12.0 Å². The quantitative estimate of drug-likeness (QED) is 0.770. The van der Waals surface area contributed by atoms with Crippen LogP contribution in [0.5, 0.6) is 0 Å². The van der Waals surface area contributed by atoms with E-state index in [1.54, 1.807) is 42.7 Å². The molecule has 2 aromatic rings. The lowest BCUT2D eigenvalue weighted by molar-refractivity contribution is -0.131. The molecule has 0 bridgehead atoms. The minimum absolute atomic E-state index is 0.0462. The molecule has 0 fully saturated rings. The number of hydrazine groups is 1. The van der Waals surface area contributed by atoms with Crippen LogP contribution in [0.3, 0.4) is 0 Å². The van der Waals surface area contributed by atoms with E-state index in [0.29, 0.717) is 5.71 Å². The van der Waals surface area contributed by atoms with Gasteiger partial charge in [-0.1, -0.05) is 23.4 Å². The van der Waals surface area contributed by atoms with Crippen molar-refractivity contribution in [3.63, 3.8) is 0 Å². The van der Waals surface area contributed by atoms with E-state index in [9.17, 15) is 13.2 Å². The smallest absolute Gasteiger partial charge is 0.279 e.